The average Bonchev–Trinajstić information content (AvgIpc) is 2.04. The van der Waals surface area contributed by atoms with Crippen LogP contribution in [-0.4, -0.2) is 17.2 Å². The van der Waals surface area contributed by atoms with Gasteiger partial charge in [-0.05, 0) is 40.2 Å². The molecule has 0 spiro atoms. The van der Waals surface area contributed by atoms with Crippen molar-refractivity contribution in [1.29, 1.82) is 5.26 Å². The van der Waals surface area contributed by atoms with Crippen LogP contribution in [0.4, 0.5) is 0 Å². The van der Waals surface area contributed by atoms with E-state index in [2.05, 4.69) is 0 Å². The Morgan fingerprint density at radius 3 is 2.50 bits per heavy atom. The smallest absolute Gasteiger partial charge is 0.423 e. The number of hydrogen-bond donors (Lipinski definition) is 2. The molecule has 0 atom stereocenters. The number of benzene rings is 1. The van der Waals surface area contributed by atoms with Crippen molar-refractivity contribution in [2.24, 2.45) is 0 Å². The molecule has 0 radical (unpaired) electrons. The van der Waals surface area contributed by atoms with Crippen molar-refractivity contribution in [2.75, 3.05) is 0 Å². The largest absolute Gasteiger partial charge is 0.488 e. The summed E-state index contributed by atoms with van der Waals surface area (Å²) < 4.78 is 0.723. The van der Waals surface area contributed by atoms with E-state index < -0.39 is 7.12 Å². The number of hydrogen-bond acceptors (Lipinski definition) is 3. The highest BCUT2D eigenvalue weighted by molar-refractivity contribution is 14.1. The average molecular weight is 273 g/mol. The maximum absolute atomic E-state index is 8.78. The third kappa shape index (κ3) is 1.97. The van der Waals surface area contributed by atoms with Crippen LogP contribution in [0.1, 0.15) is 5.56 Å². The summed E-state index contributed by atoms with van der Waals surface area (Å²) in [5, 5.41) is 26.1. The fourth-order valence-corrected chi connectivity index (χ4v) is 1.44. The standard InChI is InChI=1S/C7H5BINO2/c9-7-3-6(8(11)12)2-1-5(7)4-10/h1-3,11-12H. The van der Waals surface area contributed by atoms with Crippen LogP contribution in [0.15, 0.2) is 18.2 Å². The lowest BCUT2D eigenvalue weighted by atomic mass is 9.80. The Morgan fingerprint density at radius 2 is 2.08 bits per heavy atom. The van der Waals surface area contributed by atoms with E-state index in [0.717, 1.165) is 3.57 Å². The van der Waals surface area contributed by atoms with E-state index >= 15 is 0 Å². The predicted octanol–water partition coefficient (Wildman–Crippen LogP) is -0.157. The summed E-state index contributed by atoms with van der Waals surface area (Å²) in [4.78, 5) is 0. The molecule has 0 amide bonds. The molecule has 1 aromatic carbocycles. The van der Waals surface area contributed by atoms with Crippen molar-refractivity contribution in [2.45, 2.75) is 0 Å². The Labute approximate surface area is 83.9 Å². The summed E-state index contributed by atoms with van der Waals surface area (Å²) in [7, 11) is -1.47. The van der Waals surface area contributed by atoms with Crippen molar-refractivity contribution in [3.63, 3.8) is 0 Å². The summed E-state index contributed by atoms with van der Waals surface area (Å²) in [6, 6.07) is 6.65. The number of nitrogens with zero attached hydrogens (tertiary/aromatic N) is 1. The summed E-state index contributed by atoms with van der Waals surface area (Å²) in [6.45, 7) is 0. The molecule has 0 saturated heterocycles. The fourth-order valence-electron chi connectivity index (χ4n) is 0.783. The van der Waals surface area contributed by atoms with Gasteiger partial charge < -0.3 is 10.0 Å². The Bertz CT molecular complexity index is 335. The molecule has 0 unspecified atom stereocenters. The van der Waals surface area contributed by atoms with Crippen LogP contribution >= 0.6 is 22.6 Å². The van der Waals surface area contributed by atoms with Gasteiger partial charge in [0.2, 0.25) is 0 Å². The van der Waals surface area contributed by atoms with Gasteiger partial charge >= 0.3 is 7.12 Å². The third-order valence-electron chi connectivity index (χ3n) is 1.41. The van der Waals surface area contributed by atoms with E-state index in [1.165, 1.54) is 6.07 Å². The van der Waals surface area contributed by atoms with Crippen LogP contribution in [0.3, 0.4) is 0 Å². The Morgan fingerprint density at radius 1 is 1.42 bits per heavy atom. The highest BCUT2D eigenvalue weighted by Crippen LogP contribution is 2.08. The fraction of sp³-hybridized carbons (Fsp3) is 0. The minimum absolute atomic E-state index is 0.401. The summed E-state index contributed by atoms with van der Waals surface area (Å²) in [5.41, 5.74) is 0.943. The molecular formula is C7H5BINO2. The zero-order chi connectivity index (χ0) is 9.14. The number of nitriles is 1. The van der Waals surface area contributed by atoms with E-state index in [1.54, 1.807) is 12.1 Å². The zero-order valence-electron chi connectivity index (χ0n) is 6.03. The lowest BCUT2D eigenvalue weighted by Gasteiger charge is -2.00. The molecule has 0 heterocycles. The van der Waals surface area contributed by atoms with Crippen LogP contribution < -0.4 is 5.46 Å². The summed E-state index contributed by atoms with van der Waals surface area (Å²) in [5.74, 6) is 0. The maximum Gasteiger partial charge on any atom is 0.488 e. The lowest BCUT2D eigenvalue weighted by Crippen LogP contribution is -2.29. The van der Waals surface area contributed by atoms with Gasteiger partial charge in [-0.15, -0.1) is 0 Å². The number of halogens is 1. The van der Waals surface area contributed by atoms with E-state index in [1.807, 2.05) is 28.7 Å². The lowest BCUT2D eigenvalue weighted by molar-refractivity contribution is 0.426. The second-order valence-electron chi connectivity index (χ2n) is 2.22. The molecule has 0 aromatic heterocycles. The quantitative estimate of drug-likeness (QED) is 0.552. The highest BCUT2D eigenvalue weighted by Gasteiger charge is 2.11. The van der Waals surface area contributed by atoms with Gasteiger partial charge in [0, 0.05) is 3.57 Å². The van der Waals surface area contributed by atoms with Crippen LogP contribution in [0.25, 0.3) is 0 Å². The topological polar surface area (TPSA) is 64.2 Å². The van der Waals surface area contributed by atoms with E-state index in [9.17, 15) is 0 Å². The second kappa shape index (κ2) is 3.89. The third-order valence-corrected chi connectivity index (χ3v) is 2.30. The molecule has 1 aromatic rings. The van der Waals surface area contributed by atoms with Crippen LogP contribution in [0.2, 0.25) is 0 Å². The van der Waals surface area contributed by atoms with Gasteiger partial charge in [0.15, 0.2) is 0 Å². The van der Waals surface area contributed by atoms with Crippen molar-refractivity contribution in [3.05, 3.63) is 27.3 Å². The normalized spacial score (nSPS) is 9.17. The first-order valence-corrected chi connectivity index (χ1v) is 4.28. The number of rotatable bonds is 1. The Kier molecular flexibility index (Phi) is 3.09. The molecule has 3 nitrogen and oxygen atoms in total. The van der Waals surface area contributed by atoms with Crippen molar-refractivity contribution in [1.82, 2.24) is 0 Å². The van der Waals surface area contributed by atoms with Crippen LogP contribution in [0, 0.1) is 14.9 Å². The van der Waals surface area contributed by atoms with Gasteiger partial charge in [0.1, 0.15) is 6.07 Å². The van der Waals surface area contributed by atoms with E-state index in [4.69, 9.17) is 15.3 Å². The molecular weight excluding hydrogens is 268 g/mol. The zero-order valence-corrected chi connectivity index (χ0v) is 8.19. The van der Waals surface area contributed by atoms with E-state index in [-0.39, 0.29) is 0 Å². The van der Waals surface area contributed by atoms with E-state index in [0.29, 0.717) is 11.0 Å². The molecule has 0 saturated carbocycles. The highest BCUT2D eigenvalue weighted by atomic mass is 127. The molecule has 60 valence electrons. The minimum atomic E-state index is -1.47. The molecule has 1 rings (SSSR count). The molecule has 2 N–H and O–H groups in total. The first-order valence-electron chi connectivity index (χ1n) is 3.21. The monoisotopic (exact) mass is 273 g/mol. The first kappa shape index (κ1) is 9.51. The molecule has 0 aliphatic carbocycles. The Balaban J connectivity index is 3.12. The van der Waals surface area contributed by atoms with Gasteiger partial charge in [-0.2, -0.15) is 5.26 Å². The van der Waals surface area contributed by atoms with Crippen LogP contribution in [-0.2, 0) is 0 Å². The van der Waals surface area contributed by atoms with Gasteiger partial charge in [-0.3, -0.25) is 0 Å². The second-order valence-corrected chi connectivity index (χ2v) is 3.39. The van der Waals surface area contributed by atoms with Gasteiger partial charge in [0.05, 0.1) is 5.56 Å². The summed E-state index contributed by atoms with van der Waals surface area (Å²) in [6.07, 6.45) is 0. The van der Waals surface area contributed by atoms with Gasteiger partial charge in [-0.1, -0.05) is 6.07 Å². The maximum atomic E-state index is 8.78. The van der Waals surface area contributed by atoms with Crippen molar-refractivity contribution in [3.8, 4) is 6.07 Å². The summed E-state index contributed by atoms with van der Waals surface area (Å²) >= 11 is 1.97. The SMILES string of the molecule is N#Cc1ccc(B(O)O)cc1I. The van der Waals surface area contributed by atoms with Crippen LogP contribution in [0.5, 0.6) is 0 Å². The van der Waals surface area contributed by atoms with Gasteiger partial charge in [-0.25, -0.2) is 0 Å². The van der Waals surface area contributed by atoms with Crippen molar-refractivity contribution < 1.29 is 10.0 Å². The molecule has 0 aliphatic rings. The Hall–Kier alpha value is -0.575. The molecule has 12 heavy (non-hydrogen) atoms. The molecule has 5 heteroatoms. The molecule has 0 fully saturated rings. The predicted molar refractivity (Wildman–Crippen MR) is 53.7 cm³/mol. The molecule has 0 aliphatic heterocycles. The van der Waals surface area contributed by atoms with Crippen molar-refractivity contribution >= 4 is 35.2 Å². The minimum Gasteiger partial charge on any atom is -0.423 e. The first-order chi connectivity index (χ1) is 5.65. The molecule has 0 bridgehead atoms. The van der Waals surface area contributed by atoms with Gasteiger partial charge in [0.25, 0.3) is 0 Å².